The van der Waals surface area contributed by atoms with Gasteiger partial charge in [-0.25, -0.2) is 4.79 Å². The lowest BCUT2D eigenvalue weighted by Crippen LogP contribution is -2.21. The van der Waals surface area contributed by atoms with E-state index in [9.17, 15) is 10.1 Å². The van der Waals surface area contributed by atoms with Crippen LogP contribution >= 0.6 is 23.4 Å². The van der Waals surface area contributed by atoms with Crippen LogP contribution in [0.3, 0.4) is 0 Å². The number of hydrogen-bond acceptors (Lipinski definition) is 6. The molecule has 1 atom stereocenters. The Balaban J connectivity index is 2.81. The van der Waals surface area contributed by atoms with Gasteiger partial charge in [0.2, 0.25) is 0 Å². The molecule has 0 aliphatic heterocycles. The van der Waals surface area contributed by atoms with Crippen molar-refractivity contribution in [1.82, 2.24) is 5.32 Å². The van der Waals surface area contributed by atoms with Crippen LogP contribution in [0.25, 0.3) is 0 Å². The molecule has 0 heterocycles. The van der Waals surface area contributed by atoms with Crippen molar-refractivity contribution in [3.8, 4) is 6.07 Å². The minimum Gasteiger partial charge on any atom is -0.459 e. The van der Waals surface area contributed by atoms with Crippen LogP contribution < -0.4 is 5.32 Å². The molecule has 0 aromatic heterocycles. The maximum Gasteiger partial charge on any atom is 0.351 e. The number of nitriles is 1. The van der Waals surface area contributed by atoms with Crippen LogP contribution in [0.4, 0.5) is 0 Å². The average molecular weight is 369 g/mol. The zero-order valence-electron chi connectivity index (χ0n) is 14.0. The maximum atomic E-state index is 12.1. The van der Waals surface area contributed by atoms with Crippen molar-refractivity contribution in [2.75, 3.05) is 26.1 Å². The molecule has 0 fully saturated rings. The Morgan fingerprint density at radius 3 is 2.58 bits per heavy atom. The molecule has 0 aliphatic carbocycles. The van der Waals surface area contributed by atoms with E-state index in [1.165, 1.54) is 11.8 Å². The van der Waals surface area contributed by atoms with E-state index in [-0.39, 0.29) is 18.2 Å². The third-order valence-electron chi connectivity index (χ3n) is 3.13. The highest BCUT2D eigenvalue weighted by atomic mass is 35.5. The Morgan fingerprint density at radius 1 is 1.38 bits per heavy atom. The molecular weight excluding hydrogens is 348 g/mol. The molecule has 0 spiro atoms. The van der Waals surface area contributed by atoms with E-state index in [4.69, 9.17) is 21.1 Å². The maximum absolute atomic E-state index is 12.1. The number of nitrogens with zero attached hydrogens (tertiary/aromatic N) is 1. The van der Waals surface area contributed by atoms with Gasteiger partial charge in [0.15, 0.2) is 5.57 Å². The minimum atomic E-state index is -0.655. The highest BCUT2D eigenvalue weighted by Crippen LogP contribution is 2.22. The predicted molar refractivity (Wildman–Crippen MR) is 96.6 cm³/mol. The van der Waals surface area contributed by atoms with Gasteiger partial charge in [0.05, 0.1) is 11.6 Å². The first-order chi connectivity index (χ1) is 11.5. The number of thioether (sulfide) groups is 1. The van der Waals surface area contributed by atoms with E-state index >= 15 is 0 Å². The van der Waals surface area contributed by atoms with Gasteiger partial charge < -0.3 is 14.8 Å². The van der Waals surface area contributed by atoms with Gasteiger partial charge in [-0.2, -0.15) is 5.26 Å². The third-order valence-corrected chi connectivity index (χ3v) is 4.11. The van der Waals surface area contributed by atoms with Crippen molar-refractivity contribution in [3.05, 3.63) is 45.5 Å². The van der Waals surface area contributed by atoms with Crippen molar-refractivity contribution in [1.29, 1.82) is 5.26 Å². The number of benzene rings is 1. The Morgan fingerprint density at radius 2 is 2.04 bits per heavy atom. The van der Waals surface area contributed by atoms with Crippen LogP contribution in [0, 0.1) is 11.3 Å². The van der Waals surface area contributed by atoms with E-state index in [1.54, 1.807) is 18.4 Å². The zero-order valence-corrected chi connectivity index (χ0v) is 15.5. The van der Waals surface area contributed by atoms with Crippen molar-refractivity contribution >= 4 is 29.3 Å². The monoisotopic (exact) mass is 368 g/mol. The molecule has 1 aromatic rings. The minimum absolute atomic E-state index is 0.0418. The fourth-order valence-corrected chi connectivity index (χ4v) is 2.62. The molecule has 1 rings (SSSR count). The summed E-state index contributed by atoms with van der Waals surface area (Å²) in [6, 6.07) is 9.21. The number of halogens is 1. The first kappa shape index (κ1) is 20.4. The second kappa shape index (κ2) is 11.0. The van der Waals surface area contributed by atoms with Crippen molar-refractivity contribution in [2.24, 2.45) is 0 Å². The number of hydrogen-bond donors (Lipinski definition) is 1. The van der Waals surface area contributed by atoms with E-state index in [2.05, 4.69) is 5.32 Å². The molecule has 0 saturated carbocycles. The SMILES string of the molecule is CCOCCOC(=O)/C(C#N)=C(\N[C@H](C)c1ccc(Cl)cc1)SC. The molecule has 0 amide bonds. The van der Waals surface area contributed by atoms with Crippen LogP contribution in [0.2, 0.25) is 5.02 Å². The molecular formula is C17H21ClN2O3S. The number of nitrogens with one attached hydrogen (secondary N) is 1. The van der Waals surface area contributed by atoms with E-state index in [1.807, 2.05) is 32.0 Å². The lowest BCUT2D eigenvalue weighted by Gasteiger charge is -2.18. The summed E-state index contributed by atoms with van der Waals surface area (Å²) in [6.07, 6.45) is 1.79. The number of carbonyl (C=O) groups is 1. The van der Waals surface area contributed by atoms with Gasteiger partial charge in [0.1, 0.15) is 12.7 Å². The molecule has 0 bridgehead atoms. The summed E-state index contributed by atoms with van der Waals surface area (Å²) in [5.74, 6) is -0.655. The van der Waals surface area contributed by atoms with Crippen LogP contribution in [0.15, 0.2) is 34.9 Å². The summed E-state index contributed by atoms with van der Waals surface area (Å²) in [5, 5.41) is 13.6. The molecule has 1 aromatic carbocycles. The quantitative estimate of drug-likeness (QED) is 0.310. The molecule has 24 heavy (non-hydrogen) atoms. The fraction of sp³-hybridized carbons (Fsp3) is 0.412. The summed E-state index contributed by atoms with van der Waals surface area (Å²) in [4.78, 5) is 12.1. The summed E-state index contributed by atoms with van der Waals surface area (Å²) in [6.45, 7) is 4.77. The summed E-state index contributed by atoms with van der Waals surface area (Å²) in [7, 11) is 0. The molecule has 0 saturated heterocycles. The van der Waals surface area contributed by atoms with Gasteiger partial charge in [0, 0.05) is 17.7 Å². The van der Waals surface area contributed by atoms with Gasteiger partial charge in [-0.1, -0.05) is 23.7 Å². The molecule has 0 aliphatic rings. The fourth-order valence-electron chi connectivity index (χ4n) is 1.86. The van der Waals surface area contributed by atoms with Gasteiger partial charge in [0.25, 0.3) is 0 Å². The predicted octanol–water partition coefficient (Wildman–Crippen LogP) is 3.67. The normalized spacial score (nSPS) is 12.8. The molecule has 0 radical (unpaired) electrons. The lowest BCUT2D eigenvalue weighted by molar-refractivity contribution is -0.140. The largest absolute Gasteiger partial charge is 0.459 e. The lowest BCUT2D eigenvalue weighted by atomic mass is 10.1. The molecule has 130 valence electrons. The van der Waals surface area contributed by atoms with E-state index < -0.39 is 5.97 Å². The first-order valence-electron chi connectivity index (χ1n) is 7.48. The van der Waals surface area contributed by atoms with Gasteiger partial charge in [-0.15, -0.1) is 11.8 Å². The first-order valence-corrected chi connectivity index (χ1v) is 9.09. The van der Waals surface area contributed by atoms with Crippen LogP contribution in [-0.4, -0.2) is 32.0 Å². The van der Waals surface area contributed by atoms with Crippen LogP contribution in [0.1, 0.15) is 25.5 Å². The van der Waals surface area contributed by atoms with Crippen molar-refractivity contribution in [3.63, 3.8) is 0 Å². The van der Waals surface area contributed by atoms with Crippen LogP contribution in [-0.2, 0) is 14.3 Å². The Bertz CT molecular complexity index is 611. The van der Waals surface area contributed by atoms with E-state index in [0.29, 0.717) is 23.3 Å². The number of carbonyl (C=O) groups excluding carboxylic acids is 1. The third kappa shape index (κ3) is 6.44. The summed E-state index contributed by atoms with van der Waals surface area (Å²) < 4.78 is 10.2. The zero-order chi connectivity index (χ0) is 17.9. The standard InChI is InChI=1S/C17H21ClN2O3S/c1-4-22-9-10-23-17(21)15(11-19)16(24-3)20-12(2)13-5-7-14(18)8-6-13/h5-8,12,20H,4,9-10H2,1-3H3/b16-15+/t12-/m1/s1. The molecule has 0 unspecified atom stereocenters. The van der Waals surface area contributed by atoms with Crippen molar-refractivity contribution < 1.29 is 14.3 Å². The van der Waals surface area contributed by atoms with E-state index in [0.717, 1.165) is 5.56 Å². The second-order valence-corrected chi connectivity index (χ2v) is 6.02. The number of ether oxygens (including phenoxy) is 2. The van der Waals surface area contributed by atoms with Gasteiger partial charge >= 0.3 is 5.97 Å². The second-order valence-electron chi connectivity index (χ2n) is 4.77. The Kier molecular flexibility index (Phi) is 9.31. The average Bonchev–Trinajstić information content (AvgIpc) is 2.58. The number of esters is 1. The Labute approximate surface area is 152 Å². The van der Waals surface area contributed by atoms with Gasteiger partial charge in [-0.05, 0) is 37.8 Å². The summed E-state index contributed by atoms with van der Waals surface area (Å²) >= 11 is 7.18. The molecule has 7 heteroatoms. The van der Waals surface area contributed by atoms with Gasteiger partial charge in [-0.3, -0.25) is 0 Å². The van der Waals surface area contributed by atoms with Crippen molar-refractivity contribution in [2.45, 2.75) is 19.9 Å². The summed E-state index contributed by atoms with van der Waals surface area (Å²) in [5.41, 5.74) is 0.952. The molecule has 5 nitrogen and oxygen atoms in total. The topological polar surface area (TPSA) is 71.3 Å². The highest BCUT2D eigenvalue weighted by molar-refractivity contribution is 8.02. The Hall–Kier alpha value is -1.68. The molecule has 1 N–H and O–H groups in total. The smallest absolute Gasteiger partial charge is 0.351 e. The highest BCUT2D eigenvalue weighted by Gasteiger charge is 2.18. The van der Waals surface area contributed by atoms with Crippen LogP contribution in [0.5, 0.6) is 0 Å². The number of rotatable bonds is 9.